The summed E-state index contributed by atoms with van der Waals surface area (Å²) < 4.78 is 1.86. The lowest BCUT2D eigenvalue weighted by atomic mass is 10.1. The Bertz CT molecular complexity index is 885. The van der Waals surface area contributed by atoms with Crippen LogP contribution in [0.1, 0.15) is 19.4 Å². The molecule has 5 nitrogen and oxygen atoms in total. The van der Waals surface area contributed by atoms with Crippen LogP contribution in [0.2, 0.25) is 0 Å². The van der Waals surface area contributed by atoms with Gasteiger partial charge in [0.25, 0.3) is 0 Å². The minimum Gasteiger partial charge on any atom is -0.359 e. The zero-order valence-electron chi connectivity index (χ0n) is 14.8. The number of rotatable bonds is 5. The van der Waals surface area contributed by atoms with Crippen LogP contribution < -0.4 is 10.7 Å². The molecule has 3 rings (SSSR count). The van der Waals surface area contributed by atoms with Gasteiger partial charge < -0.3 is 5.32 Å². The predicted octanol–water partition coefficient (Wildman–Crippen LogP) is 3.75. The molecule has 3 aromatic rings. The fraction of sp³-hybridized carbons (Fsp3) is 0.150. The van der Waals surface area contributed by atoms with E-state index in [-0.39, 0.29) is 6.04 Å². The van der Waals surface area contributed by atoms with E-state index in [2.05, 4.69) is 15.8 Å². The minimum absolute atomic E-state index is 0.255. The smallest absolute Gasteiger partial charge is 0.187 e. The van der Waals surface area contributed by atoms with E-state index in [0.717, 1.165) is 22.5 Å². The SMILES string of the molecule is CC(C)NC(=S)NN=Cc1cn(-c2ccccc2)nc1-c1ccccc1. The van der Waals surface area contributed by atoms with Gasteiger partial charge in [0.05, 0.1) is 11.9 Å². The van der Waals surface area contributed by atoms with Gasteiger partial charge in [-0.3, -0.25) is 5.43 Å². The number of hydrogen-bond donors (Lipinski definition) is 2. The van der Waals surface area contributed by atoms with Gasteiger partial charge >= 0.3 is 0 Å². The monoisotopic (exact) mass is 363 g/mol. The second-order valence-electron chi connectivity index (χ2n) is 6.08. The molecular formula is C20H21N5S. The molecule has 0 atom stereocenters. The van der Waals surface area contributed by atoms with Crippen molar-refractivity contribution in [2.75, 3.05) is 0 Å². The molecule has 0 saturated heterocycles. The average molecular weight is 363 g/mol. The van der Waals surface area contributed by atoms with E-state index in [9.17, 15) is 0 Å². The van der Waals surface area contributed by atoms with Gasteiger partial charge in [-0.2, -0.15) is 10.2 Å². The molecule has 0 aliphatic heterocycles. The maximum absolute atomic E-state index is 5.20. The van der Waals surface area contributed by atoms with Crippen LogP contribution in [0.3, 0.4) is 0 Å². The maximum atomic E-state index is 5.20. The van der Waals surface area contributed by atoms with Crippen LogP contribution in [0, 0.1) is 0 Å². The van der Waals surface area contributed by atoms with E-state index in [1.54, 1.807) is 6.21 Å². The molecule has 0 bridgehead atoms. The number of aromatic nitrogens is 2. The molecule has 0 amide bonds. The van der Waals surface area contributed by atoms with E-state index in [1.165, 1.54) is 0 Å². The molecule has 26 heavy (non-hydrogen) atoms. The normalized spacial score (nSPS) is 11.0. The lowest BCUT2D eigenvalue weighted by molar-refractivity contribution is 0.720. The first-order valence-electron chi connectivity index (χ1n) is 8.43. The minimum atomic E-state index is 0.255. The van der Waals surface area contributed by atoms with E-state index < -0.39 is 0 Å². The Morgan fingerprint density at radius 2 is 1.73 bits per heavy atom. The molecule has 0 aliphatic rings. The van der Waals surface area contributed by atoms with Crippen LogP contribution in [0.15, 0.2) is 72.0 Å². The molecule has 0 spiro atoms. The number of nitrogens with zero attached hydrogens (tertiary/aromatic N) is 3. The van der Waals surface area contributed by atoms with E-state index in [1.807, 2.05) is 85.4 Å². The van der Waals surface area contributed by atoms with E-state index in [4.69, 9.17) is 17.3 Å². The molecule has 0 radical (unpaired) electrons. The standard InChI is InChI=1S/C20H21N5S/c1-15(2)22-20(26)23-21-13-17-14-25(18-11-7-4-8-12-18)24-19(17)16-9-5-3-6-10-16/h3-15H,1-2H3,(H2,22,23,26). The summed E-state index contributed by atoms with van der Waals surface area (Å²) >= 11 is 5.20. The first kappa shape index (κ1) is 17.8. The van der Waals surface area contributed by atoms with Crippen molar-refractivity contribution in [2.24, 2.45) is 5.10 Å². The van der Waals surface area contributed by atoms with Crippen LogP contribution in [0.4, 0.5) is 0 Å². The number of thiocarbonyl (C=S) groups is 1. The highest BCUT2D eigenvalue weighted by Crippen LogP contribution is 2.22. The predicted molar refractivity (Wildman–Crippen MR) is 111 cm³/mol. The van der Waals surface area contributed by atoms with Crippen LogP contribution in [-0.4, -0.2) is 27.1 Å². The van der Waals surface area contributed by atoms with Gasteiger partial charge in [-0.15, -0.1) is 0 Å². The third kappa shape index (κ3) is 4.55. The quantitative estimate of drug-likeness (QED) is 0.412. The Kier molecular flexibility index (Phi) is 5.76. The Morgan fingerprint density at radius 3 is 2.38 bits per heavy atom. The Balaban J connectivity index is 1.90. The van der Waals surface area contributed by atoms with Crippen molar-refractivity contribution in [1.29, 1.82) is 0 Å². The van der Waals surface area contributed by atoms with Crippen LogP contribution in [0.25, 0.3) is 16.9 Å². The van der Waals surface area contributed by atoms with Gasteiger partial charge in [0.2, 0.25) is 0 Å². The van der Waals surface area contributed by atoms with E-state index in [0.29, 0.717) is 5.11 Å². The molecule has 1 heterocycles. The molecule has 1 aromatic heterocycles. The molecule has 2 aromatic carbocycles. The number of benzene rings is 2. The number of nitrogens with one attached hydrogen (secondary N) is 2. The van der Waals surface area contributed by atoms with Crippen molar-refractivity contribution in [2.45, 2.75) is 19.9 Å². The second kappa shape index (κ2) is 8.40. The maximum Gasteiger partial charge on any atom is 0.187 e. The van der Waals surface area contributed by atoms with Gasteiger partial charge in [-0.25, -0.2) is 4.68 Å². The molecular weight excluding hydrogens is 342 g/mol. The number of hydrogen-bond acceptors (Lipinski definition) is 3. The van der Waals surface area contributed by atoms with Gasteiger partial charge in [0, 0.05) is 23.4 Å². The molecule has 0 unspecified atom stereocenters. The molecule has 0 saturated carbocycles. The van der Waals surface area contributed by atoms with Gasteiger partial charge in [-0.1, -0.05) is 48.5 Å². The summed E-state index contributed by atoms with van der Waals surface area (Å²) in [6.07, 6.45) is 3.70. The summed E-state index contributed by atoms with van der Waals surface area (Å²) in [5.74, 6) is 0. The first-order valence-corrected chi connectivity index (χ1v) is 8.84. The zero-order valence-corrected chi connectivity index (χ0v) is 15.6. The Morgan fingerprint density at radius 1 is 1.08 bits per heavy atom. The van der Waals surface area contributed by atoms with Crippen molar-refractivity contribution < 1.29 is 0 Å². The Hall–Kier alpha value is -2.99. The lowest BCUT2D eigenvalue weighted by Gasteiger charge is -2.09. The molecule has 0 fully saturated rings. The van der Waals surface area contributed by atoms with Crippen molar-refractivity contribution in [3.05, 3.63) is 72.4 Å². The highest BCUT2D eigenvalue weighted by molar-refractivity contribution is 7.80. The highest BCUT2D eigenvalue weighted by atomic mass is 32.1. The fourth-order valence-electron chi connectivity index (χ4n) is 2.47. The summed E-state index contributed by atoms with van der Waals surface area (Å²) in [7, 11) is 0. The van der Waals surface area contributed by atoms with Crippen LogP contribution >= 0.6 is 12.2 Å². The molecule has 132 valence electrons. The highest BCUT2D eigenvalue weighted by Gasteiger charge is 2.10. The van der Waals surface area contributed by atoms with Crippen LogP contribution in [0.5, 0.6) is 0 Å². The summed E-state index contributed by atoms with van der Waals surface area (Å²) in [4.78, 5) is 0. The lowest BCUT2D eigenvalue weighted by Crippen LogP contribution is -2.36. The third-order valence-electron chi connectivity index (χ3n) is 3.60. The summed E-state index contributed by atoms with van der Waals surface area (Å²) in [6, 6.07) is 20.3. The average Bonchev–Trinajstić information content (AvgIpc) is 3.07. The van der Waals surface area contributed by atoms with Gasteiger partial charge in [0.15, 0.2) is 5.11 Å². The first-order chi connectivity index (χ1) is 12.6. The second-order valence-corrected chi connectivity index (χ2v) is 6.49. The summed E-state index contributed by atoms with van der Waals surface area (Å²) in [5, 5.41) is 12.6. The summed E-state index contributed by atoms with van der Waals surface area (Å²) in [6.45, 7) is 4.05. The largest absolute Gasteiger partial charge is 0.359 e. The van der Waals surface area contributed by atoms with Gasteiger partial charge in [-0.05, 0) is 38.2 Å². The molecule has 0 aliphatic carbocycles. The topological polar surface area (TPSA) is 54.2 Å². The van der Waals surface area contributed by atoms with Crippen molar-refractivity contribution in [3.63, 3.8) is 0 Å². The fourth-order valence-corrected chi connectivity index (χ4v) is 2.76. The van der Waals surface area contributed by atoms with Gasteiger partial charge in [0.1, 0.15) is 5.69 Å². The number of para-hydroxylation sites is 1. The van der Waals surface area contributed by atoms with Crippen LogP contribution in [-0.2, 0) is 0 Å². The van der Waals surface area contributed by atoms with Crippen molar-refractivity contribution >= 4 is 23.5 Å². The Labute approximate surface area is 158 Å². The summed E-state index contributed by atoms with van der Waals surface area (Å²) in [5.41, 5.74) is 6.64. The molecule has 6 heteroatoms. The third-order valence-corrected chi connectivity index (χ3v) is 3.81. The van der Waals surface area contributed by atoms with Crippen molar-refractivity contribution in [3.8, 4) is 16.9 Å². The number of hydrazone groups is 1. The van der Waals surface area contributed by atoms with E-state index >= 15 is 0 Å². The molecule has 2 N–H and O–H groups in total. The van der Waals surface area contributed by atoms with Crippen molar-refractivity contribution in [1.82, 2.24) is 20.5 Å². The zero-order chi connectivity index (χ0) is 18.4.